The number of rotatable bonds is 4. The van der Waals surface area contributed by atoms with Gasteiger partial charge in [-0.15, -0.1) is 11.3 Å². The summed E-state index contributed by atoms with van der Waals surface area (Å²) in [5, 5.41) is 7.74. The summed E-state index contributed by atoms with van der Waals surface area (Å²) in [5.41, 5.74) is 2.38. The normalized spacial score (nSPS) is 12.9. The second-order valence-corrected chi connectivity index (χ2v) is 7.84. The Morgan fingerprint density at radius 1 is 1.31 bits per heavy atom. The Morgan fingerprint density at radius 2 is 2.08 bits per heavy atom. The van der Waals surface area contributed by atoms with Gasteiger partial charge in [0, 0.05) is 17.6 Å². The van der Waals surface area contributed by atoms with Crippen LogP contribution in [-0.2, 0) is 30.7 Å². The highest BCUT2D eigenvalue weighted by atomic mass is 32.1. The predicted molar refractivity (Wildman–Crippen MR) is 101 cm³/mol. The second-order valence-electron chi connectivity index (χ2n) is 6.75. The minimum Gasteiger partial charge on any atom is -0.483 e. The van der Waals surface area contributed by atoms with E-state index in [2.05, 4.69) is 28.4 Å². The van der Waals surface area contributed by atoms with E-state index in [1.54, 1.807) is 22.2 Å². The first kappa shape index (κ1) is 18.3. The first-order valence-corrected chi connectivity index (χ1v) is 9.43. The third kappa shape index (κ3) is 3.55. The lowest BCUT2D eigenvalue weighted by Crippen LogP contribution is -2.22. The molecule has 7 nitrogen and oxygen atoms in total. The maximum Gasteiger partial charge on any atom is 0.290 e. The number of aryl methyl sites for hydroxylation is 2. The minimum absolute atomic E-state index is 0.0895. The van der Waals surface area contributed by atoms with Gasteiger partial charge in [-0.3, -0.25) is 14.2 Å². The van der Waals surface area contributed by atoms with Crippen molar-refractivity contribution in [2.75, 3.05) is 0 Å². The maximum absolute atomic E-state index is 12.9. The smallest absolute Gasteiger partial charge is 0.290 e. The Balaban J connectivity index is 0.000000613. The lowest BCUT2D eigenvalue weighted by atomic mass is 10.2. The molecule has 138 valence electrons. The molecule has 0 fully saturated rings. The number of aromatic nitrogens is 4. The summed E-state index contributed by atoms with van der Waals surface area (Å²) >= 11 is 1.69. The zero-order valence-electron chi connectivity index (χ0n) is 14.9. The van der Waals surface area contributed by atoms with Gasteiger partial charge < -0.3 is 9.67 Å². The Bertz CT molecular complexity index is 971. The van der Waals surface area contributed by atoms with Gasteiger partial charge >= 0.3 is 0 Å². The van der Waals surface area contributed by atoms with Gasteiger partial charge in [-0.2, -0.15) is 0 Å². The van der Waals surface area contributed by atoms with Crippen LogP contribution in [0.1, 0.15) is 36.4 Å². The molecule has 0 aliphatic heterocycles. The van der Waals surface area contributed by atoms with E-state index in [9.17, 15) is 4.79 Å². The van der Waals surface area contributed by atoms with Crippen LogP contribution in [0.25, 0.3) is 10.2 Å². The lowest BCUT2D eigenvalue weighted by Gasteiger charge is -2.11. The molecule has 1 aliphatic rings. The maximum atomic E-state index is 12.9. The first-order chi connectivity index (χ1) is 12.5. The first-order valence-electron chi connectivity index (χ1n) is 8.61. The highest BCUT2D eigenvalue weighted by Gasteiger charge is 2.21. The fourth-order valence-corrected chi connectivity index (χ4v) is 4.56. The molecule has 0 atom stereocenters. The van der Waals surface area contributed by atoms with E-state index in [-0.39, 0.29) is 12.0 Å². The molecule has 0 radical (unpaired) electrons. The van der Waals surface area contributed by atoms with E-state index >= 15 is 0 Å². The van der Waals surface area contributed by atoms with Gasteiger partial charge in [-0.1, -0.05) is 13.8 Å². The van der Waals surface area contributed by atoms with Crippen LogP contribution in [0.3, 0.4) is 0 Å². The van der Waals surface area contributed by atoms with Gasteiger partial charge in [0.25, 0.3) is 12.0 Å². The van der Waals surface area contributed by atoms with E-state index < -0.39 is 0 Å². The molecule has 0 bridgehead atoms. The average Bonchev–Trinajstić information content (AvgIpc) is 3.26. The topological polar surface area (TPSA) is 90.0 Å². The summed E-state index contributed by atoms with van der Waals surface area (Å²) in [7, 11) is 0. The SMILES string of the molecule is CC(C)Cn1cncc1Cn1cnc2sc3c(c2c1=O)CCC3.O=CO. The monoisotopic (exact) mass is 374 g/mol. The highest BCUT2D eigenvalue weighted by molar-refractivity contribution is 7.18. The number of hydrogen-bond acceptors (Lipinski definition) is 5. The summed E-state index contributed by atoms with van der Waals surface area (Å²) in [6, 6.07) is 0. The van der Waals surface area contributed by atoms with E-state index in [0.29, 0.717) is 12.5 Å². The largest absolute Gasteiger partial charge is 0.483 e. The Morgan fingerprint density at radius 3 is 2.81 bits per heavy atom. The second kappa shape index (κ2) is 7.82. The minimum atomic E-state index is -0.250. The predicted octanol–water partition coefficient (Wildman–Crippen LogP) is 2.55. The van der Waals surface area contributed by atoms with Crippen molar-refractivity contribution in [3.8, 4) is 0 Å². The molecule has 0 saturated heterocycles. The molecule has 1 N–H and O–H groups in total. The zero-order chi connectivity index (χ0) is 18.7. The van der Waals surface area contributed by atoms with Crippen molar-refractivity contribution in [2.24, 2.45) is 5.92 Å². The fourth-order valence-electron chi connectivity index (χ4n) is 3.34. The Hall–Kier alpha value is -2.48. The van der Waals surface area contributed by atoms with E-state index in [0.717, 1.165) is 41.7 Å². The van der Waals surface area contributed by atoms with Crippen molar-refractivity contribution in [1.82, 2.24) is 19.1 Å². The number of fused-ring (bicyclic) bond motifs is 3. The summed E-state index contributed by atoms with van der Waals surface area (Å²) < 4.78 is 3.85. The van der Waals surface area contributed by atoms with Crippen molar-refractivity contribution in [2.45, 2.75) is 46.2 Å². The van der Waals surface area contributed by atoms with Gasteiger partial charge in [-0.25, -0.2) is 9.97 Å². The molecular weight excluding hydrogens is 352 g/mol. The van der Waals surface area contributed by atoms with Crippen molar-refractivity contribution in [1.29, 1.82) is 0 Å². The van der Waals surface area contributed by atoms with Crippen LogP contribution in [0.4, 0.5) is 0 Å². The standard InChI is InChI=1S/C17H20N4OS.CH2O2/c1-11(2)7-20-9-18-6-12(20)8-21-10-19-16-15(17(21)22)13-4-3-5-14(13)23-16;2-1-3/h6,9-11H,3-5,7-8H2,1-2H3;1H,(H,2,3). The molecule has 0 saturated carbocycles. The van der Waals surface area contributed by atoms with Crippen LogP contribution >= 0.6 is 11.3 Å². The Kier molecular flexibility index (Phi) is 5.51. The molecule has 0 amide bonds. The summed E-state index contributed by atoms with van der Waals surface area (Å²) in [5.74, 6) is 0.542. The molecule has 26 heavy (non-hydrogen) atoms. The van der Waals surface area contributed by atoms with Gasteiger partial charge in [0.2, 0.25) is 0 Å². The third-order valence-corrected chi connectivity index (χ3v) is 5.58. The molecule has 0 spiro atoms. The summed E-state index contributed by atoms with van der Waals surface area (Å²) in [6.45, 7) is 5.54. The fraction of sp³-hybridized carbons (Fsp3) is 0.444. The van der Waals surface area contributed by atoms with Gasteiger partial charge in [0.05, 0.1) is 30.3 Å². The molecule has 8 heteroatoms. The lowest BCUT2D eigenvalue weighted by molar-refractivity contribution is -0.122. The van der Waals surface area contributed by atoms with Crippen LogP contribution in [0.2, 0.25) is 0 Å². The molecule has 3 aromatic heterocycles. The van der Waals surface area contributed by atoms with Crippen molar-refractivity contribution in [3.63, 3.8) is 0 Å². The molecule has 1 aliphatic carbocycles. The third-order valence-electron chi connectivity index (χ3n) is 4.38. The quantitative estimate of drug-likeness (QED) is 0.709. The van der Waals surface area contributed by atoms with Crippen LogP contribution in [0, 0.1) is 5.92 Å². The molecular formula is C18H22N4O3S. The zero-order valence-corrected chi connectivity index (χ0v) is 15.7. The van der Waals surface area contributed by atoms with Crippen molar-refractivity contribution < 1.29 is 9.90 Å². The van der Waals surface area contributed by atoms with Gasteiger partial charge in [-0.05, 0) is 30.7 Å². The summed E-state index contributed by atoms with van der Waals surface area (Å²) in [4.78, 5) is 32.3. The van der Waals surface area contributed by atoms with E-state index in [1.165, 1.54) is 10.4 Å². The van der Waals surface area contributed by atoms with Crippen molar-refractivity contribution >= 4 is 28.0 Å². The van der Waals surface area contributed by atoms with E-state index in [4.69, 9.17) is 9.90 Å². The van der Waals surface area contributed by atoms with E-state index in [1.807, 2.05) is 12.5 Å². The van der Waals surface area contributed by atoms with Crippen molar-refractivity contribution in [3.05, 3.63) is 45.3 Å². The highest BCUT2D eigenvalue weighted by Crippen LogP contribution is 2.34. The molecule has 0 aromatic carbocycles. The average molecular weight is 374 g/mol. The number of nitrogens with zero attached hydrogens (tertiary/aromatic N) is 4. The number of imidazole rings is 1. The van der Waals surface area contributed by atoms with Gasteiger partial charge in [0.1, 0.15) is 4.83 Å². The Labute approximate surface area is 155 Å². The van der Waals surface area contributed by atoms with Crippen LogP contribution in [0.5, 0.6) is 0 Å². The van der Waals surface area contributed by atoms with Crippen LogP contribution in [0.15, 0.2) is 23.6 Å². The molecule has 3 heterocycles. The number of hydrogen-bond donors (Lipinski definition) is 1. The molecule has 3 aromatic rings. The number of carboxylic acid groups (broad SMARTS) is 1. The number of carbonyl (C=O) groups is 1. The van der Waals surface area contributed by atoms with Gasteiger partial charge in [0.15, 0.2) is 0 Å². The summed E-state index contributed by atoms with van der Waals surface area (Å²) in [6.07, 6.45) is 8.64. The molecule has 0 unspecified atom stereocenters. The number of thiophene rings is 1. The van der Waals surface area contributed by atoms with Crippen LogP contribution < -0.4 is 5.56 Å². The molecule has 4 rings (SSSR count). The van der Waals surface area contributed by atoms with Crippen LogP contribution in [-0.4, -0.2) is 30.7 Å².